The first-order valence-electron chi connectivity index (χ1n) is 6.39. The minimum absolute atomic E-state index is 0.211. The maximum absolute atomic E-state index is 13.7. The lowest BCUT2D eigenvalue weighted by Gasteiger charge is -2.29. The van der Waals surface area contributed by atoms with Crippen molar-refractivity contribution in [1.29, 1.82) is 0 Å². The Kier molecular flexibility index (Phi) is 6.34. The minimum atomic E-state index is -0.860. The van der Waals surface area contributed by atoms with Crippen molar-refractivity contribution in [1.82, 2.24) is 4.90 Å². The van der Waals surface area contributed by atoms with Crippen molar-refractivity contribution in [3.05, 3.63) is 35.4 Å². The first kappa shape index (κ1) is 16.0. The minimum Gasteiger partial charge on any atom is -0.383 e. The summed E-state index contributed by atoms with van der Waals surface area (Å²) in [6, 6.07) is 3.80. The lowest BCUT2D eigenvalue weighted by atomic mass is 10.1. The van der Waals surface area contributed by atoms with E-state index in [4.69, 9.17) is 10.5 Å². The lowest BCUT2D eigenvalue weighted by molar-refractivity contribution is 0.124. The zero-order valence-electron chi connectivity index (χ0n) is 11.7. The summed E-state index contributed by atoms with van der Waals surface area (Å²) in [5, 5.41) is 0. The van der Waals surface area contributed by atoms with E-state index >= 15 is 0 Å². The molecule has 0 radical (unpaired) electrons. The van der Waals surface area contributed by atoms with Gasteiger partial charge in [0.25, 0.3) is 0 Å². The number of hydrogen-bond donors (Lipinski definition) is 1. The summed E-state index contributed by atoms with van der Waals surface area (Å²) in [5.74, 6) is -1.72. The van der Waals surface area contributed by atoms with Crippen LogP contribution in [0.5, 0.6) is 0 Å². The monoisotopic (exact) mass is 272 g/mol. The third-order valence-electron chi connectivity index (χ3n) is 3.13. The van der Waals surface area contributed by atoms with Crippen LogP contribution in [0, 0.1) is 11.6 Å². The molecule has 1 aromatic carbocycles. The number of halogens is 2. The molecule has 1 aromatic rings. The predicted molar refractivity (Wildman–Crippen MR) is 71.9 cm³/mol. The maximum atomic E-state index is 13.7. The summed E-state index contributed by atoms with van der Waals surface area (Å²) in [4.78, 5) is 2.08. The first-order chi connectivity index (χ1) is 8.97. The summed E-state index contributed by atoms with van der Waals surface area (Å²) in [6.07, 6.45) is 0. The van der Waals surface area contributed by atoms with E-state index in [1.807, 2.05) is 13.8 Å². The Morgan fingerprint density at radius 1 is 1.32 bits per heavy atom. The Bertz CT molecular complexity index is 399. The molecule has 0 aliphatic heterocycles. The van der Waals surface area contributed by atoms with Crippen LogP contribution < -0.4 is 5.73 Å². The van der Waals surface area contributed by atoms with Crippen LogP contribution in [0.3, 0.4) is 0 Å². The number of nitrogens with zero attached hydrogens (tertiary/aromatic N) is 1. The quantitative estimate of drug-likeness (QED) is 0.828. The van der Waals surface area contributed by atoms with E-state index < -0.39 is 17.7 Å². The van der Waals surface area contributed by atoms with Gasteiger partial charge in [0, 0.05) is 37.8 Å². The molecule has 19 heavy (non-hydrogen) atoms. The molecule has 0 aliphatic carbocycles. The normalized spacial score (nSPS) is 13.3. The largest absolute Gasteiger partial charge is 0.383 e. The SMILES string of the molecule is COCCN(CC(N)c1cccc(F)c1F)C(C)C. The maximum Gasteiger partial charge on any atom is 0.163 e. The summed E-state index contributed by atoms with van der Waals surface area (Å²) >= 11 is 0. The fraction of sp³-hybridized carbons (Fsp3) is 0.571. The molecule has 0 aromatic heterocycles. The van der Waals surface area contributed by atoms with Gasteiger partial charge >= 0.3 is 0 Å². The van der Waals surface area contributed by atoms with Gasteiger partial charge in [0.2, 0.25) is 0 Å². The van der Waals surface area contributed by atoms with Crippen LogP contribution in [-0.4, -0.2) is 37.7 Å². The molecular weight excluding hydrogens is 250 g/mol. The summed E-state index contributed by atoms with van der Waals surface area (Å²) in [7, 11) is 1.63. The number of rotatable bonds is 7. The standard InChI is InChI=1S/C14H22F2N2O/c1-10(2)18(7-8-19-3)9-13(17)11-5-4-6-12(15)14(11)16/h4-6,10,13H,7-9,17H2,1-3H3. The molecule has 3 nitrogen and oxygen atoms in total. The molecule has 1 atom stereocenters. The Morgan fingerprint density at radius 2 is 2.00 bits per heavy atom. The van der Waals surface area contributed by atoms with Crippen LogP contribution in [0.2, 0.25) is 0 Å². The summed E-state index contributed by atoms with van der Waals surface area (Å²) in [6.45, 7) is 5.81. The number of hydrogen-bond acceptors (Lipinski definition) is 3. The third-order valence-corrected chi connectivity index (χ3v) is 3.13. The molecule has 1 rings (SSSR count). The highest BCUT2D eigenvalue weighted by molar-refractivity contribution is 5.22. The van der Waals surface area contributed by atoms with Crippen molar-refractivity contribution < 1.29 is 13.5 Å². The molecule has 2 N–H and O–H groups in total. The van der Waals surface area contributed by atoms with E-state index in [1.165, 1.54) is 12.1 Å². The second-order valence-corrected chi connectivity index (χ2v) is 4.83. The van der Waals surface area contributed by atoms with E-state index in [0.717, 1.165) is 6.07 Å². The van der Waals surface area contributed by atoms with Crippen LogP contribution in [-0.2, 0) is 4.74 Å². The van der Waals surface area contributed by atoms with Gasteiger partial charge in [-0.05, 0) is 19.9 Å². The van der Waals surface area contributed by atoms with E-state index in [2.05, 4.69) is 4.90 Å². The van der Waals surface area contributed by atoms with Gasteiger partial charge in [-0.2, -0.15) is 0 Å². The van der Waals surface area contributed by atoms with Gasteiger partial charge in [-0.25, -0.2) is 8.78 Å². The fourth-order valence-electron chi connectivity index (χ4n) is 1.93. The highest BCUT2D eigenvalue weighted by Gasteiger charge is 2.19. The average Bonchev–Trinajstić information content (AvgIpc) is 2.37. The van der Waals surface area contributed by atoms with Crippen molar-refractivity contribution in [3.63, 3.8) is 0 Å². The van der Waals surface area contributed by atoms with E-state index in [0.29, 0.717) is 19.7 Å². The molecule has 0 aliphatic rings. The molecule has 5 heteroatoms. The van der Waals surface area contributed by atoms with Crippen LogP contribution >= 0.6 is 0 Å². The lowest BCUT2D eigenvalue weighted by Crippen LogP contribution is -2.39. The van der Waals surface area contributed by atoms with Gasteiger partial charge in [0.05, 0.1) is 6.61 Å². The fourth-order valence-corrected chi connectivity index (χ4v) is 1.93. The Hall–Kier alpha value is -1.04. The highest BCUT2D eigenvalue weighted by Crippen LogP contribution is 2.19. The molecule has 0 fully saturated rings. The zero-order valence-corrected chi connectivity index (χ0v) is 11.7. The van der Waals surface area contributed by atoms with Crippen LogP contribution in [0.25, 0.3) is 0 Å². The Balaban J connectivity index is 2.75. The summed E-state index contributed by atoms with van der Waals surface area (Å²) in [5.41, 5.74) is 6.20. The molecule has 108 valence electrons. The second kappa shape index (κ2) is 7.53. The second-order valence-electron chi connectivity index (χ2n) is 4.83. The molecular formula is C14H22F2N2O. The number of benzene rings is 1. The highest BCUT2D eigenvalue weighted by atomic mass is 19.2. The van der Waals surface area contributed by atoms with E-state index in [9.17, 15) is 8.78 Å². The molecule has 0 heterocycles. The molecule has 0 bridgehead atoms. The van der Waals surface area contributed by atoms with Gasteiger partial charge < -0.3 is 10.5 Å². The number of nitrogens with two attached hydrogens (primary N) is 1. The van der Waals surface area contributed by atoms with Gasteiger partial charge in [-0.3, -0.25) is 4.90 Å². The molecule has 0 spiro atoms. The van der Waals surface area contributed by atoms with Crippen molar-refractivity contribution in [3.8, 4) is 0 Å². The van der Waals surface area contributed by atoms with E-state index in [1.54, 1.807) is 7.11 Å². The number of ether oxygens (including phenoxy) is 1. The smallest absolute Gasteiger partial charge is 0.163 e. The topological polar surface area (TPSA) is 38.5 Å². The number of methoxy groups -OCH3 is 1. The third kappa shape index (κ3) is 4.53. The predicted octanol–water partition coefficient (Wildman–Crippen LogP) is 2.32. The molecule has 0 saturated heterocycles. The van der Waals surface area contributed by atoms with Crippen molar-refractivity contribution in [2.24, 2.45) is 5.73 Å². The van der Waals surface area contributed by atoms with Crippen LogP contribution in [0.4, 0.5) is 8.78 Å². The van der Waals surface area contributed by atoms with E-state index in [-0.39, 0.29) is 11.6 Å². The van der Waals surface area contributed by atoms with Gasteiger partial charge in [-0.15, -0.1) is 0 Å². The van der Waals surface area contributed by atoms with Gasteiger partial charge in [0.1, 0.15) is 0 Å². The first-order valence-corrected chi connectivity index (χ1v) is 6.39. The summed E-state index contributed by atoms with van der Waals surface area (Å²) < 4.78 is 31.9. The van der Waals surface area contributed by atoms with Gasteiger partial charge in [-0.1, -0.05) is 12.1 Å². The Labute approximate surface area is 113 Å². The van der Waals surface area contributed by atoms with Crippen LogP contribution in [0.15, 0.2) is 18.2 Å². The van der Waals surface area contributed by atoms with Crippen molar-refractivity contribution in [2.75, 3.05) is 26.8 Å². The van der Waals surface area contributed by atoms with Gasteiger partial charge in [0.15, 0.2) is 11.6 Å². The van der Waals surface area contributed by atoms with Crippen LogP contribution in [0.1, 0.15) is 25.5 Å². The zero-order chi connectivity index (χ0) is 14.4. The molecule has 0 amide bonds. The van der Waals surface area contributed by atoms with Crippen molar-refractivity contribution >= 4 is 0 Å². The Morgan fingerprint density at radius 3 is 2.58 bits per heavy atom. The molecule has 1 unspecified atom stereocenters. The molecule has 0 saturated carbocycles. The average molecular weight is 272 g/mol. The van der Waals surface area contributed by atoms with Crippen molar-refractivity contribution in [2.45, 2.75) is 25.9 Å².